The predicted octanol–water partition coefficient (Wildman–Crippen LogP) is 2.40. The Labute approximate surface area is 130 Å². The number of ether oxygens (including phenoxy) is 1. The van der Waals surface area contributed by atoms with E-state index in [4.69, 9.17) is 21.6 Å². The highest BCUT2D eigenvalue weighted by molar-refractivity contribution is 7.89. The monoisotopic (exact) mass is 328 g/mol. The summed E-state index contributed by atoms with van der Waals surface area (Å²) in [5, 5.41) is 9.47. The lowest BCUT2D eigenvalue weighted by atomic mass is 10.1. The molecule has 1 saturated heterocycles. The Kier molecular flexibility index (Phi) is 5.22. The van der Waals surface area contributed by atoms with E-state index in [2.05, 4.69) is 0 Å². The lowest BCUT2D eigenvalue weighted by Gasteiger charge is -2.31. The van der Waals surface area contributed by atoms with Crippen molar-refractivity contribution in [1.82, 2.24) is 4.31 Å². The highest BCUT2D eigenvalue weighted by Crippen LogP contribution is 2.26. The van der Waals surface area contributed by atoms with Crippen molar-refractivity contribution in [3.63, 3.8) is 0 Å². The van der Waals surface area contributed by atoms with E-state index in [-0.39, 0.29) is 16.6 Å². The van der Waals surface area contributed by atoms with E-state index in [1.54, 1.807) is 0 Å². The van der Waals surface area contributed by atoms with Gasteiger partial charge in [0.1, 0.15) is 11.0 Å². The van der Waals surface area contributed by atoms with Crippen LogP contribution in [0.4, 0.5) is 0 Å². The summed E-state index contributed by atoms with van der Waals surface area (Å²) in [5.41, 5.74) is 0.0704. The largest absolute Gasteiger partial charge is 0.377 e. The maximum Gasteiger partial charge on any atom is 0.244 e. The van der Waals surface area contributed by atoms with Crippen molar-refractivity contribution in [2.24, 2.45) is 0 Å². The molecule has 0 aliphatic carbocycles. The zero-order valence-electron chi connectivity index (χ0n) is 11.8. The average molecular weight is 329 g/mol. The zero-order valence-corrected chi connectivity index (χ0v) is 13.3. The molecular weight excluding hydrogens is 312 g/mol. The van der Waals surface area contributed by atoms with Crippen LogP contribution in [0.3, 0.4) is 0 Å². The van der Waals surface area contributed by atoms with E-state index < -0.39 is 10.0 Å². The number of benzene rings is 1. The molecule has 0 radical (unpaired) electrons. The van der Waals surface area contributed by atoms with Gasteiger partial charge in [0.25, 0.3) is 0 Å². The topological polar surface area (TPSA) is 70.4 Å². The Bertz CT molecular complexity index is 653. The molecule has 1 fully saturated rings. The first-order valence-electron chi connectivity index (χ1n) is 6.80. The predicted molar refractivity (Wildman–Crippen MR) is 79.6 cm³/mol. The summed E-state index contributed by atoms with van der Waals surface area (Å²) >= 11 is 5.82. The summed E-state index contributed by atoms with van der Waals surface area (Å²) in [6, 6.07) is 6.14. The maximum absolute atomic E-state index is 12.7. The fourth-order valence-corrected chi connectivity index (χ4v) is 4.25. The molecule has 114 valence electrons. The van der Waals surface area contributed by atoms with Crippen molar-refractivity contribution >= 4 is 21.6 Å². The molecule has 1 atom stereocenters. The van der Waals surface area contributed by atoms with Crippen LogP contribution in [0.25, 0.3) is 0 Å². The summed E-state index contributed by atoms with van der Waals surface area (Å²) < 4.78 is 32.3. The highest BCUT2D eigenvalue weighted by atomic mass is 35.5. The Hall–Kier alpha value is -1.13. The van der Waals surface area contributed by atoms with Crippen LogP contribution in [0, 0.1) is 11.3 Å². The van der Waals surface area contributed by atoms with Gasteiger partial charge < -0.3 is 4.74 Å². The van der Waals surface area contributed by atoms with Gasteiger partial charge in [0.2, 0.25) is 10.0 Å². The van der Waals surface area contributed by atoms with Crippen LogP contribution < -0.4 is 0 Å². The van der Waals surface area contributed by atoms with Crippen LogP contribution in [0.2, 0.25) is 5.02 Å². The number of sulfonamides is 1. The number of hydrogen-bond donors (Lipinski definition) is 0. The van der Waals surface area contributed by atoms with E-state index >= 15 is 0 Å². The molecule has 0 unspecified atom stereocenters. The van der Waals surface area contributed by atoms with Gasteiger partial charge in [0, 0.05) is 24.7 Å². The summed E-state index contributed by atoms with van der Waals surface area (Å²) in [6.07, 6.45) is 1.52. The van der Waals surface area contributed by atoms with Crippen molar-refractivity contribution in [2.75, 3.05) is 19.7 Å². The third-order valence-corrected chi connectivity index (χ3v) is 5.58. The molecule has 0 N–H and O–H groups in total. The molecule has 0 aromatic heterocycles. The lowest BCUT2D eigenvalue weighted by molar-refractivity contribution is 0.0265. The minimum absolute atomic E-state index is 0.00606. The first-order chi connectivity index (χ1) is 9.98. The summed E-state index contributed by atoms with van der Waals surface area (Å²) in [5.74, 6) is 0. The highest BCUT2D eigenvalue weighted by Gasteiger charge is 2.32. The van der Waals surface area contributed by atoms with Gasteiger partial charge in [-0.15, -0.1) is 0 Å². The number of rotatable bonds is 4. The first kappa shape index (κ1) is 16.2. The minimum Gasteiger partial charge on any atom is -0.377 e. The SMILES string of the molecule is CCO[C@H]1CCCN(S(=O)(=O)c2ccc(Cl)cc2C#N)C1. The average Bonchev–Trinajstić information content (AvgIpc) is 2.47. The van der Waals surface area contributed by atoms with Gasteiger partial charge in [-0.2, -0.15) is 9.57 Å². The number of halogens is 1. The van der Waals surface area contributed by atoms with Crippen LogP contribution in [-0.4, -0.2) is 38.5 Å². The third-order valence-electron chi connectivity index (χ3n) is 3.42. The molecule has 1 aliphatic heterocycles. The second-order valence-corrected chi connectivity index (χ2v) is 7.18. The molecule has 0 bridgehead atoms. The molecule has 1 heterocycles. The van der Waals surface area contributed by atoms with Crippen molar-refractivity contribution in [2.45, 2.75) is 30.8 Å². The molecule has 0 amide bonds. The van der Waals surface area contributed by atoms with Crippen LogP contribution >= 0.6 is 11.6 Å². The maximum atomic E-state index is 12.7. The van der Waals surface area contributed by atoms with Gasteiger partial charge in [-0.25, -0.2) is 8.42 Å². The number of nitriles is 1. The van der Waals surface area contributed by atoms with E-state index in [0.717, 1.165) is 12.8 Å². The lowest BCUT2D eigenvalue weighted by Crippen LogP contribution is -2.43. The summed E-state index contributed by atoms with van der Waals surface area (Å²) in [7, 11) is -3.70. The quantitative estimate of drug-likeness (QED) is 0.851. The Morgan fingerprint density at radius 1 is 1.52 bits per heavy atom. The summed E-state index contributed by atoms with van der Waals surface area (Å²) in [6.45, 7) is 3.21. The van der Waals surface area contributed by atoms with Crippen molar-refractivity contribution in [3.8, 4) is 6.07 Å². The van der Waals surface area contributed by atoms with Crippen LogP contribution in [0.1, 0.15) is 25.3 Å². The molecule has 21 heavy (non-hydrogen) atoms. The van der Waals surface area contributed by atoms with Crippen LogP contribution in [0.5, 0.6) is 0 Å². The van der Waals surface area contributed by atoms with Gasteiger partial charge in [-0.1, -0.05) is 11.6 Å². The normalized spacial score (nSPS) is 20.1. The van der Waals surface area contributed by atoms with E-state index in [1.807, 2.05) is 13.0 Å². The minimum atomic E-state index is -3.70. The van der Waals surface area contributed by atoms with Crippen LogP contribution in [-0.2, 0) is 14.8 Å². The second kappa shape index (κ2) is 6.75. The third kappa shape index (κ3) is 3.55. The molecule has 1 aromatic carbocycles. The summed E-state index contributed by atoms with van der Waals surface area (Å²) in [4.78, 5) is 0.00606. The Balaban J connectivity index is 2.32. The van der Waals surface area contributed by atoms with Crippen molar-refractivity contribution < 1.29 is 13.2 Å². The fourth-order valence-electron chi connectivity index (χ4n) is 2.45. The molecule has 0 spiro atoms. The smallest absolute Gasteiger partial charge is 0.244 e. The van der Waals surface area contributed by atoms with Crippen molar-refractivity contribution in [3.05, 3.63) is 28.8 Å². The number of nitrogens with zero attached hydrogens (tertiary/aromatic N) is 2. The Morgan fingerprint density at radius 2 is 2.29 bits per heavy atom. The molecule has 1 aliphatic rings. The van der Waals surface area contributed by atoms with Gasteiger partial charge in [0.15, 0.2) is 0 Å². The molecule has 5 nitrogen and oxygen atoms in total. The zero-order chi connectivity index (χ0) is 15.5. The van der Waals surface area contributed by atoms with Gasteiger partial charge >= 0.3 is 0 Å². The van der Waals surface area contributed by atoms with Gasteiger partial charge in [0.05, 0.1) is 11.7 Å². The molecule has 0 saturated carbocycles. The fraction of sp³-hybridized carbons (Fsp3) is 0.500. The van der Waals surface area contributed by atoms with E-state index in [1.165, 1.54) is 22.5 Å². The molecule has 7 heteroatoms. The first-order valence-corrected chi connectivity index (χ1v) is 8.62. The molecular formula is C14H17ClN2O3S. The van der Waals surface area contributed by atoms with Gasteiger partial charge in [-0.05, 0) is 38.0 Å². The standard InChI is InChI=1S/C14H17ClN2O3S/c1-2-20-13-4-3-7-17(10-13)21(18,19)14-6-5-12(15)8-11(14)9-16/h5-6,8,13H,2-4,7,10H2,1H3/t13-/m0/s1. The second-order valence-electron chi connectivity index (χ2n) is 4.83. The molecule has 1 aromatic rings. The van der Waals surface area contributed by atoms with E-state index in [0.29, 0.717) is 24.7 Å². The molecule has 2 rings (SSSR count). The Morgan fingerprint density at radius 3 is 2.95 bits per heavy atom. The van der Waals surface area contributed by atoms with Crippen LogP contribution in [0.15, 0.2) is 23.1 Å². The van der Waals surface area contributed by atoms with E-state index in [9.17, 15) is 8.42 Å². The van der Waals surface area contributed by atoms with Crippen molar-refractivity contribution in [1.29, 1.82) is 5.26 Å². The number of hydrogen-bond acceptors (Lipinski definition) is 4. The van der Waals surface area contributed by atoms with Gasteiger partial charge in [-0.3, -0.25) is 0 Å². The number of piperidine rings is 1.